The minimum atomic E-state index is -0.661. The Bertz CT molecular complexity index is 318. The van der Waals surface area contributed by atoms with Gasteiger partial charge in [-0.3, -0.25) is 0 Å². The minimum Gasteiger partial charge on any atom is -0.381 e. The molecule has 1 nitrogen and oxygen atoms in total. The Hall–Kier alpha value is -0.830. The topological polar surface area (TPSA) is 12.0 Å². The third-order valence-corrected chi connectivity index (χ3v) is 2.63. The van der Waals surface area contributed by atoms with E-state index >= 15 is 0 Å². The van der Waals surface area contributed by atoms with Gasteiger partial charge in [-0.25, -0.2) is 8.78 Å². The summed E-state index contributed by atoms with van der Waals surface area (Å²) in [7, 11) is 0. The zero-order valence-corrected chi connectivity index (χ0v) is 9.54. The van der Waals surface area contributed by atoms with Crippen molar-refractivity contribution in [2.24, 2.45) is 5.92 Å². The molecule has 84 valence electrons. The number of halogens is 3. The molecule has 0 spiro atoms. The SMILES string of the molecule is CCC(C)CNc1c(F)cc(F)cc1Cl. The van der Waals surface area contributed by atoms with Gasteiger partial charge in [0.25, 0.3) is 0 Å². The lowest BCUT2D eigenvalue weighted by atomic mass is 10.1. The van der Waals surface area contributed by atoms with E-state index in [2.05, 4.69) is 12.2 Å². The average molecular weight is 234 g/mol. The molecule has 1 aromatic carbocycles. The first kappa shape index (κ1) is 12.2. The number of rotatable bonds is 4. The van der Waals surface area contributed by atoms with E-state index in [9.17, 15) is 8.78 Å². The number of hydrogen-bond acceptors (Lipinski definition) is 1. The van der Waals surface area contributed by atoms with Gasteiger partial charge in [0.1, 0.15) is 5.82 Å². The molecule has 0 aliphatic heterocycles. The number of nitrogens with one attached hydrogen (secondary N) is 1. The molecule has 0 amide bonds. The Balaban J connectivity index is 2.77. The van der Waals surface area contributed by atoms with Crippen molar-refractivity contribution in [3.05, 3.63) is 28.8 Å². The summed E-state index contributed by atoms with van der Waals surface area (Å²) >= 11 is 5.72. The third kappa shape index (κ3) is 3.34. The standard InChI is InChI=1S/C11H14ClF2N/c1-3-7(2)6-15-11-9(12)4-8(13)5-10(11)14/h4-5,7,15H,3,6H2,1-2H3. The quantitative estimate of drug-likeness (QED) is 0.827. The van der Waals surface area contributed by atoms with E-state index in [1.807, 2.05) is 6.92 Å². The molecule has 1 aromatic rings. The molecule has 0 bridgehead atoms. The fourth-order valence-electron chi connectivity index (χ4n) is 1.13. The van der Waals surface area contributed by atoms with Gasteiger partial charge in [-0.1, -0.05) is 31.9 Å². The smallest absolute Gasteiger partial charge is 0.150 e. The molecular weight excluding hydrogens is 220 g/mol. The second-order valence-corrected chi connectivity index (χ2v) is 4.05. The Kier molecular flexibility index (Phi) is 4.33. The average Bonchev–Trinajstić information content (AvgIpc) is 2.15. The van der Waals surface area contributed by atoms with Crippen LogP contribution in [0.5, 0.6) is 0 Å². The highest BCUT2D eigenvalue weighted by Gasteiger charge is 2.10. The van der Waals surface area contributed by atoms with Crippen LogP contribution in [0, 0.1) is 17.6 Å². The van der Waals surface area contributed by atoms with Crippen LogP contribution in [-0.2, 0) is 0 Å². The first-order valence-corrected chi connectivity index (χ1v) is 5.30. The molecule has 0 radical (unpaired) electrons. The first-order valence-electron chi connectivity index (χ1n) is 4.93. The lowest BCUT2D eigenvalue weighted by Crippen LogP contribution is -2.11. The van der Waals surface area contributed by atoms with Crippen LogP contribution in [0.3, 0.4) is 0 Å². The number of benzene rings is 1. The molecule has 1 unspecified atom stereocenters. The predicted octanol–water partition coefficient (Wildman–Crippen LogP) is 4.08. The van der Waals surface area contributed by atoms with Crippen molar-refractivity contribution >= 4 is 17.3 Å². The molecule has 1 N–H and O–H groups in total. The summed E-state index contributed by atoms with van der Waals surface area (Å²) in [6.07, 6.45) is 0.993. The largest absolute Gasteiger partial charge is 0.381 e. The highest BCUT2D eigenvalue weighted by Crippen LogP contribution is 2.26. The highest BCUT2D eigenvalue weighted by atomic mass is 35.5. The Morgan fingerprint density at radius 3 is 2.60 bits per heavy atom. The van der Waals surface area contributed by atoms with Crippen molar-refractivity contribution in [2.75, 3.05) is 11.9 Å². The zero-order valence-electron chi connectivity index (χ0n) is 8.78. The van der Waals surface area contributed by atoms with Crippen LogP contribution in [0.2, 0.25) is 5.02 Å². The van der Waals surface area contributed by atoms with Crippen LogP contribution in [0.4, 0.5) is 14.5 Å². The normalized spacial score (nSPS) is 12.6. The van der Waals surface area contributed by atoms with E-state index in [0.717, 1.165) is 18.6 Å². The van der Waals surface area contributed by atoms with Crippen LogP contribution in [0.25, 0.3) is 0 Å². The maximum atomic E-state index is 13.3. The summed E-state index contributed by atoms with van der Waals surface area (Å²) < 4.78 is 26.0. The molecule has 0 fully saturated rings. The van der Waals surface area contributed by atoms with Gasteiger partial charge in [0, 0.05) is 12.6 Å². The van der Waals surface area contributed by atoms with Gasteiger partial charge in [0.15, 0.2) is 5.82 Å². The Morgan fingerprint density at radius 1 is 1.40 bits per heavy atom. The summed E-state index contributed by atoms with van der Waals surface area (Å²) in [6, 6.07) is 1.93. The van der Waals surface area contributed by atoms with E-state index in [-0.39, 0.29) is 10.7 Å². The van der Waals surface area contributed by atoms with Gasteiger partial charge in [-0.15, -0.1) is 0 Å². The molecular formula is C11H14ClF2N. The van der Waals surface area contributed by atoms with Gasteiger partial charge in [-0.2, -0.15) is 0 Å². The van der Waals surface area contributed by atoms with Crippen molar-refractivity contribution in [3.8, 4) is 0 Å². The van der Waals surface area contributed by atoms with Gasteiger partial charge in [-0.05, 0) is 12.0 Å². The summed E-state index contributed by atoms with van der Waals surface area (Å²) in [5, 5.41) is 2.96. The molecule has 1 atom stereocenters. The molecule has 0 aliphatic carbocycles. The van der Waals surface area contributed by atoms with Crippen LogP contribution < -0.4 is 5.32 Å². The van der Waals surface area contributed by atoms with Gasteiger partial charge >= 0.3 is 0 Å². The summed E-state index contributed by atoms with van der Waals surface area (Å²) in [4.78, 5) is 0. The molecule has 0 aliphatic rings. The van der Waals surface area contributed by atoms with Crippen molar-refractivity contribution in [1.82, 2.24) is 0 Å². The van der Waals surface area contributed by atoms with Crippen molar-refractivity contribution < 1.29 is 8.78 Å². The summed E-state index contributed by atoms with van der Waals surface area (Å²) in [6.45, 7) is 4.72. The minimum absolute atomic E-state index is 0.0794. The molecule has 1 rings (SSSR count). The van der Waals surface area contributed by atoms with Crippen LogP contribution in [-0.4, -0.2) is 6.54 Å². The van der Waals surface area contributed by atoms with Crippen molar-refractivity contribution in [3.63, 3.8) is 0 Å². The predicted molar refractivity (Wildman–Crippen MR) is 59.3 cm³/mol. The zero-order chi connectivity index (χ0) is 11.4. The Morgan fingerprint density at radius 2 is 2.07 bits per heavy atom. The maximum absolute atomic E-state index is 13.3. The van der Waals surface area contributed by atoms with E-state index in [0.29, 0.717) is 12.5 Å². The van der Waals surface area contributed by atoms with Crippen molar-refractivity contribution in [1.29, 1.82) is 0 Å². The fraction of sp³-hybridized carbons (Fsp3) is 0.455. The molecule has 4 heteroatoms. The molecule has 15 heavy (non-hydrogen) atoms. The maximum Gasteiger partial charge on any atom is 0.150 e. The summed E-state index contributed by atoms with van der Waals surface area (Å²) in [5.74, 6) is -0.889. The van der Waals surface area contributed by atoms with Crippen LogP contribution >= 0.6 is 11.6 Å². The van der Waals surface area contributed by atoms with Crippen LogP contribution in [0.1, 0.15) is 20.3 Å². The third-order valence-electron chi connectivity index (χ3n) is 2.33. The van der Waals surface area contributed by atoms with Crippen LogP contribution in [0.15, 0.2) is 12.1 Å². The summed E-state index contributed by atoms with van der Waals surface area (Å²) in [5.41, 5.74) is 0.179. The van der Waals surface area contributed by atoms with E-state index < -0.39 is 11.6 Å². The van der Waals surface area contributed by atoms with E-state index in [4.69, 9.17) is 11.6 Å². The highest BCUT2D eigenvalue weighted by molar-refractivity contribution is 6.33. The fourth-order valence-corrected chi connectivity index (χ4v) is 1.39. The Labute approximate surface area is 93.4 Å². The monoisotopic (exact) mass is 233 g/mol. The number of anilines is 1. The second-order valence-electron chi connectivity index (χ2n) is 3.64. The van der Waals surface area contributed by atoms with Gasteiger partial charge in [0.2, 0.25) is 0 Å². The van der Waals surface area contributed by atoms with Crippen molar-refractivity contribution in [2.45, 2.75) is 20.3 Å². The van der Waals surface area contributed by atoms with E-state index in [1.165, 1.54) is 0 Å². The lowest BCUT2D eigenvalue weighted by molar-refractivity contribution is 0.573. The van der Waals surface area contributed by atoms with E-state index in [1.54, 1.807) is 0 Å². The first-order chi connectivity index (χ1) is 7.04. The molecule has 0 saturated carbocycles. The second kappa shape index (κ2) is 5.31. The van der Waals surface area contributed by atoms with Gasteiger partial charge in [0.05, 0.1) is 10.7 Å². The van der Waals surface area contributed by atoms with Gasteiger partial charge < -0.3 is 5.32 Å². The molecule has 0 heterocycles. The lowest BCUT2D eigenvalue weighted by Gasteiger charge is -2.13. The molecule has 0 aromatic heterocycles. The number of hydrogen-bond donors (Lipinski definition) is 1. The molecule has 0 saturated heterocycles.